The van der Waals surface area contributed by atoms with Crippen molar-refractivity contribution in [3.8, 4) is 0 Å². The van der Waals surface area contributed by atoms with Gasteiger partial charge < -0.3 is 9.94 Å². The van der Waals surface area contributed by atoms with Crippen molar-refractivity contribution < 1.29 is 19.5 Å². The van der Waals surface area contributed by atoms with E-state index in [1.807, 2.05) is 0 Å². The summed E-state index contributed by atoms with van der Waals surface area (Å²) in [6, 6.07) is 6.59. The van der Waals surface area contributed by atoms with Crippen molar-refractivity contribution in [3.63, 3.8) is 0 Å². The summed E-state index contributed by atoms with van der Waals surface area (Å²) in [4.78, 5) is 29.7. The Balaban J connectivity index is 1.57. The van der Waals surface area contributed by atoms with Crippen molar-refractivity contribution in [2.24, 2.45) is 10.5 Å². The normalized spacial score (nSPS) is 18.6. The molecule has 0 bridgehead atoms. The molecule has 8 heteroatoms. The van der Waals surface area contributed by atoms with Crippen LogP contribution in [0.3, 0.4) is 0 Å². The van der Waals surface area contributed by atoms with E-state index < -0.39 is 11.8 Å². The molecule has 0 aromatic heterocycles. The highest BCUT2D eigenvalue weighted by Crippen LogP contribution is 2.22. The van der Waals surface area contributed by atoms with Gasteiger partial charge in [0.05, 0.1) is 30.3 Å². The SMILES string of the molecule is O=C1c2ccccc2C(=O)N1CON=NN1CC(O)C1. The van der Waals surface area contributed by atoms with Gasteiger partial charge in [-0.05, 0) is 17.4 Å². The molecule has 1 fully saturated rings. The number of aliphatic hydroxyl groups is 1. The van der Waals surface area contributed by atoms with E-state index in [0.717, 1.165) is 4.90 Å². The molecular weight excluding hydrogens is 264 g/mol. The second-order valence-corrected chi connectivity index (χ2v) is 4.54. The lowest BCUT2D eigenvalue weighted by Crippen LogP contribution is -2.47. The number of hydrogen-bond acceptors (Lipinski definition) is 6. The Bertz CT molecular complexity index is 548. The smallest absolute Gasteiger partial charge is 0.264 e. The molecule has 0 radical (unpaired) electrons. The molecule has 0 spiro atoms. The monoisotopic (exact) mass is 276 g/mol. The Morgan fingerprint density at radius 2 is 1.80 bits per heavy atom. The first kappa shape index (κ1) is 12.5. The van der Waals surface area contributed by atoms with Crippen molar-refractivity contribution in [1.82, 2.24) is 9.91 Å². The van der Waals surface area contributed by atoms with Gasteiger partial charge in [0.25, 0.3) is 11.8 Å². The lowest BCUT2D eigenvalue weighted by molar-refractivity contribution is -0.0274. The Morgan fingerprint density at radius 1 is 1.20 bits per heavy atom. The maximum absolute atomic E-state index is 12.0. The second kappa shape index (κ2) is 4.89. The summed E-state index contributed by atoms with van der Waals surface area (Å²) in [7, 11) is 0. The highest BCUT2D eigenvalue weighted by Gasteiger charge is 2.35. The number of nitrogens with zero attached hydrogens (tertiary/aromatic N) is 4. The van der Waals surface area contributed by atoms with Gasteiger partial charge in [-0.3, -0.25) is 14.6 Å². The van der Waals surface area contributed by atoms with Gasteiger partial charge in [0.15, 0.2) is 0 Å². The van der Waals surface area contributed by atoms with E-state index in [0.29, 0.717) is 24.2 Å². The molecule has 0 atom stereocenters. The van der Waals surface area contributed by atoms with E-state index in [1.54, 1.807) is 24.3 Å². The van der Waals surface area contributed by atoms with Crippen molar-refractivity contribution in [1.29, 1.82) is 0 Å². The number of β-amino-alcohol motifs (C(OH)–C–C–N with tert-alkyl or cyclic N) is 1. The fraction of sp³-hybridized carbons (Fsp3) is 0.333. The van der Waals surface area contributed by atoms with Crippen molar-refractivity contribution in [3.05, 3.63) is 35.4 Å². The van der Waals surface area contributed by atoms with Gasteiger partial charge in [0.2, 0.25) is 6.73 Å². The largest absolute Gasteiger partial charge is 0.389 e. The number of imide groups is 1. The quantitative estimate of drug-likeness (QED) is 0.482. The summed E-state index contributed by atoms with van der Waals surface area (Å²) < 4.78 is 0. The third kappa shape index (κ3) is 2.10. The summed E-state index contributed by atoms with van der Waals surface area (Å²) in [5.41, 5.74) is 0.729. The molecule has 2 heterocycles. The zero-order valence-corrected chi connectivity index (χ0v) is 10.5. The zero-order valence-electron chi connectivity index (χ0n) is 10.5. The minimum absolute atomic E-state index is 0.285. The maximum Gasteiger partial charge on any atom is 0.264 e. The molecule has 1 aromatic rings. The van der Waals surface area contributed by atoms with Crippen LogP contribution < -0.4 is 0 Å². The number of carbonyl (C=O) groups is 2. The minimum atomic E-state index is -0.403. The molecule has 2 aliphatic rings. The third-order valence-electron chi connectivity index (χ3n) is 3.13. The summed E-state index contributed by atoms with van der Waals surface area (Å²) in [5, 5.41) is 17.6. The fourth-order valence-electron chi connectivity index (χ4n) is 2.02. The molecule has 0 unspecified atom stereocenters. The van der Waals surface area contributed by atoms with Gasteiger partial charge in [-0.15, -0.1) is 0 Å². The summed E-state index contributed by atoms with van der Waals surface area (Å²) >= 11 is 0. The molecule has 104 valence electrons. The van der Waals surface area contributed by atoms with Gasteiger partial charge >= 0.3 is 0 Å². The molecule has 8 nitrogen and oxygen atoms in total. The van der Waals surface area contributed by atoms with E-state index in [9.17, 15) is 9.59 Å². The van der Waals surface area contributed by atoms with Crippen LogP contribution in [0.25, 0.3) is 0 Å². The molecule has 0 aliphatic carbocycles. The maximum atomic E-state index is 12.0. The molecule has 2 aliphatic heterocycles. The number of amides is 2. The first-order chi connectivity index (χ1) is 9.66. The molecule has 3 rings (SSSR count). The van der Waals surface area contributed by atoms with Crippen LogP contribution in [0.4, 0.5) is 0 Å². The van der Waals surface area contributed by atoms with E-state index in [4.69, 9.17) is 9.94 Å². The topological polar surface area (TPSA) is 94.8 Å². The van der Waals surface area contributed by atoms with E-state index in [2.05, 4.69) is 10.5 Å². The Labute approximate surface area is 114 Å². The lowest BCUT2D eigenvalue weighted by Gasteiger charge is -2.31. The highest BCUT2D eigenvalue weighted by atomic mass is 16.7. The van der Waals surface area contributed by atoms with Crippen LogP contribution in [0.1, 0.15) is 20.7 Å². The van der Waals surface area contributed by atoms with Crippen molar-refractivity contribution in [2.45, 2.75) is 6.10 Å². The van der Waals surface area contributed by atoms with Gasteiger partial charge in [-0.1, -0.05) is 12.1 Å². The molecule has 20 heavy (non-hydrogen) atoms. The number of benzene rings is 1. The van der Waals surface area contributed by atoms with Crippen LogP contribution in [0, 0.1) is 0 Å². The lowest BCUT2D eigenvalue weighted by atomic mass is 10.1. The number of hydrogen-bond donors (Lipinski definition) is 1. The second-order valence-electron chi connectivity index (χ2n) is 4.54. The molecule has 1 saturated heterocycles. The average molecular weight is 276 g/mol. The third-order valence-corrected chi connectivity index (χ3v) is 3.13. The molecule has 1 N–H and O–H groups in total. The molecule has 2 amide bonds. The zero-order chi connectivity index (χ0) is 14.1. The van der Waals surface area contributed by atoms with E-state index in [-0.39, 0.29) is 12.8 Å². The van der Waals surface area contributed by atoms with Crippen LogP contribution in [-0.2, 0) is 4.84 Å². The highest BCUT2D eigenvalue weighted by molar-refractivity contribution is 6.21. The summed E-state index contributed by atoms with van der Waals surface area (Å²) in [6.07, 6.45) is -0.384. The Hall–Kier alpha value is -2.48. The first-order valence-corrected chi connectivity index (χ1v) is 6.08. The van der Waals surface area contributed by atoms with E-state index >= 15 is 0 Å². The van der Waals surface area contributed by atoms with Crippen LogP contribution in [0.15, 0.2) is 34.8 Å². The standard InChI is InChI=1S/C12H12N4O4/c17-8-5-15(6-8)13-14-20-7-16-11(18)9-3-1-2-4-10(9)12(16)19/h1-4,8,17H,5-7H2. The summed E-state index contributed by atoms with van der Waals surface area (Å²) in [5.74, 6) is -0.805. The van der Waals surface area contributed by atoms with Crippen molar-refractivity contribution in [2.75, 3.05) is 19.8 Å². The fourth-order valence-corrected chi connectivity index (χ4v) is 2.02. The van der Waals surface area contributed by atoms with Crippen LogP contribution in [0.5, 0.6) is 0 Å². The van der Waals surface area contributed by atoms with E-state index in [1.165, 1.54) is 5.01 Å². The van der Waals surface area contributed by atoms with Gasteiger partial charge in [0, 0.05) is 5.28 Å². The molecule has 0 saturated carbocycles. The predicted octanol–water partition coefficient (Wildman–Crippen LogP) is 0.215. The number of fused-ring (bicyclic) bond motifs is 1. The van der Waals surface area contributed by atoms with Crippen LogP contribution in [-0.4, -0.2) is 52.8 Å². The Morgan fingerprint density at radius 3 is 2.35 bits per heavy atom. The average Bonchev–Trinajstić information content (AvgIpc) is 2.66. The minimum Gasteiger partial charge on any atom is -0.389 e. The Kier molecular flexibility index (Phi) is 3.07. The first-order valence-electron chi connectivity index (χ1n) is 6.08. The number of aliphatic hydroxyl groups excluding tert-OH is 1. The van der Waals surface area contributed by atoms with Gasteiger partial charge in [-0.25, -0.2) is 4.90 Å². The van der Waals surface area contributed by atoms with Crippen LogP contribution >= 0.6 is 0 Å². The molecular formula is C12H12N4O4. The summed E-state index contributed by atoms with van der Waals surface area (Å²) in [6.45, 7) is 0.520. The number of rotatable bonds is 4. The number of carbonyl (C=O) groups excluding carboxylic acids is 2. The van der Waals surface area contributed by atoms with Gasteiger partial charge in [0.1, 0.15) is 0 Å². The van der Waals surface area contributed by atoms with Crippen LogP contribution in [0.2, 0.25) is 0 Å². The van der Waals surface area contributed by atoms with Crippen molar-refractivity contribution >= 4 is 11.8 Å². The predicted molar refractivity (Wildman–Crippen MR) is 65.3 cm³/mol. The van der Waals surface area contributed by atoms with Gasteiger partial charge in [-0.2, -0.15) is 0 Å². The molecule has 1 aromatic carbocycles.